The van der Waals surface area contributed by atoms with Gasteiger partial charge in [-0.1, -0.05) is 40.2 Å². The molecule has 3 aromatic carbocycles. The first-order valence-corrected chi connectivity index (χ1v) is 7.71. The number of rotatable bonds is 2. The van der Waals surface area contributed by atoms with Crippen molar-refractivity contribution in [2.75, 3.05) is 0 Å². The van der Waals surface area contributed by atoms with Crippen molar-refractivity contribution >= 4 is 32.7 Å². The normalized spacial score (nSPS) is 11.5. The van der Waals surface area contributed by atoms with Gasteiger partial charge in [-0.2, -0.15) is 13.2 Å². The minimum absolute atomic E-state index is 0.187. The lowest BCUT2D eigenvalue weighted by Crippen LogP contribution is -2.16. The molecule has 0 saturated heterocycles. The van der Waals surface area contributed by atoms with Crippen molar-refractivity contribution in [3.05, 3.63) is 76.3 Å². The van der Waals surface area contributed by atoms with E-state index in [1.807, 2.05) is 18.2 Å². The molecule has 0 aliphatic carbocycles. The molecule has 2 nitrogen and oxygen atoms in total. The highest BCUT2D eigenvalue weighted by Gasteiger charge is 2.35. The Morgan fingerprint density at radius 3 is 2.33 bits per heavy atom. The SMILES string of the molecule is O=C(Oc1ccc2cc(Br)ccc2c1)c1ccccc1C(F)(F)F. The lowest BCUT2D eigenvalue weighted by molar-refractivity contribution is -0.138. The fraction of sp³-hybridized carbons (Fsp3) is 0.0556. The Morgan fingerprint density at radius 2 is 1.58 bits per heavy atom. The summed E-state index contributed by atoms with van der Waals surface area (Å²) in [6.45, 7) is 0. The second-order valence-corrected chi connectivity index (χ2v) is 6.00. The van der Waals surface area contributed by atoms with Crippen LogP contribution in [0.2, 0.25) is 0 Å². The van der Waals surface area contributed by atoms with Gasteiger partial charge >= 0.3 is 12.1 Å². The highest BCUT2D eigenvalue weighted by atomic mass is 79.9. The predicted molar refractivity (Wildman–Crippen MR) is 88.1 cm³/mol. The number of hydrogen-bond acceptors (Lipinski definition) is 2. The van der Waals surface area contributed by atoms with Gasteiger partial charge in [-0.3, -0.25) is 0 Å². The summed E-state index contributed by atoms with van der Waals surface area (Å²) in [4.78, 5) is 12.1. The Kier molecular flexibility index (Phi) is 4.32. The molecule has 6 heteroatoms. The molecule has 3 rings (SSSR count). The summed E-state index contributed by atoms with van der Waals surface area (Å²) in [6, 6.07) is 15.0. The van der Waals surface area contributed by atoms with Crippen molar-refractivity contribution < 1.29 is 22.7 Å². The lowest BCUT2D eigenvalue weighted by atomic mass is 10.1. The molecule has 0 aromatic heterocycles. The summed E-state index contributed by atoms with van der Waals surface area (Å²) in [5.74, 6) is -0.855. The number of carbonyl (C=O) groups is 1. The minimum atomic E-state index is -4.62. The van der Waals surface area contributed by atoms with Crippen molar-refractivity contribution in [2.45, 2.75) is 6.18 Å². The van der Waals surface area contributed by atoms with Crippen LogP contribution >= 0.6 is 15.9 Å². The average Bonchev–Trinajstić information content (AvgIpc) is 2.54. The molecule has 0 aliphatic rings. The second-order valence-electron chi connectivity index (χ2n) is 5.09. The van der Waals surface area contributed by atoms with Crippen LogP contribution in [0.5, 0.6) is 5.75 Å². The third-order valence-electron chi connectivity index (χ3n) is 3.44. The first-order valence-electron chi connectivity index (χ1n) is 6.92. The molecule has 0 fully saturated rings. The molecular formula is C18H10BrF3O2. The first-order chi connectivity index (χ1) is 11.3. The van der Waals surface area contributed by atoms with Crippen LogP contribution in [0, 0.1) is 0 Å². The molecule has 0 bridgehead atoms. The van der Waals surface area contributed by atoms with E-state index in [4.69, 9.17) is 4.74 Å². The first kappa shape index (κ1) is 16.5. The Hall–Kier alpha value is -2.34. The molecular weight excluding hydrogens is 385 g/mol. The lowest BCUT2D eigenvalue weighted by Gasteiger charge is -2.12. The molecule has 0 atom stereocenters. The number of benzene rings is 3. The van der Waals surface area contributed by atoms with Gasteiger partial charge in [-0.15, -0.1) is 0 Å². The third-order valence-corrected chi connectivity index (χ3v) is 3.93. The van der Waals surface area contributed by atoms with Gasteiger partial charge in [-0.25, -0.2) is 4.79 Å². The Bertz CT molecular complexity index is 920. The summed E-state index contributed by atoms with van der Waals surface area (Å²) in [5.41, 5.74) is -1.53. The van der Waals surface area contributed by atoms with Crippen LogP contribution in [-0.4, -0.2) is 5.97 Å². The Balaban J connectivity index is 1.92. The molecule has 0 N–H and O–H groups in total. The van der Waals surface area contributed by atoms with Gasteiger partial charge in [0.1, 0.15) is 5.75 Å². The summed E-state index contributed by atoms with van der Waals surface area (Å²) >= 11 is 3.36. The molecule has 0 unspecified atom stereocenters. The van der Waals surface area contributed by atoms with Crippen molar-refractivity contribution in [1.29, 1.82) is 0 Å². The van der Waals surface area contributed by atoms with Crippen LogP contribution in [0.4, 0.5) is 13.2 Å². The van der Waals surface area contributed by atoms with Crippen LogP contribution in [0.25, 0.3) is 10.8 Å². The predicted octanol–water partition coefficient (Wildman–Crippen LogP) is 5.84. The monoisotopic (exact) mass is 394 g/mol. The zero-order chi connectivity index (χ0) is 17.3. The molecule has 0 spiro atoms. The Labute approximate surface area is 144 Å². The van der Waals surface area contributed by atoms with Gasteiger partial charge in [0.2, 0.25) is 0 Å². The zero-order valence-corrected chi connectivity index (χ0v) is 13.7. The van der Waals surface area contributed by atoms with Crippen LogP contribution < -0.4 is 4.74 Å². The molecule has 0 amide bonds. The maximum Gasteiger partial charge on any atom is 0.417 e. The van der Waals surface area contributed by atoms with E-state index < -0.39 is 23.3 Å². The van der Waals surface area contributed by atoms with Gasteiger partial charge in [0.15, 0.2) is 0 Å². The van der Waals surface area contributed by atoms with E-state index in [0.717, 1.165) is 27.4 Å². The fourth-order valence-corrected chi connectivity index (χ4v) is 2.71. The summed E-state index contributed by atoms with van der Waals surface area (Å²) in [5, 5.41) is 1.73. The third kappa shape index (κ3) is 3.43. The molecule has 122 valence electrons. The minimum Gasteiger partial charge on any atom is -0.423 e. The molecule has 0 radical (unpaired) electrons. The molecule has 24 heavy (non-hydrogen) atoms. The van der Waals surface area contributed by atoms with Crippen LogP contribution in [-0.2, 0) is 6.18 Å². The maximum absolute atomic E-state index is 13.0. The van der Waals surface area contributed by atoms with Crippen molar-refractivity contribution in [2.24, 2.45) is 0 Å². The van der Waals surface area contributed by atoms with Crippen LogP contribution in [0.1, 0.15) is 15.9 Å². The number of hydrogen-bond donors (Lipinski definition) is 0. The standard InChI is InChI=1S/C18H10BrF3O2/c19-13-7-5-12-10-14(8-6-11(12)9-13)24-17(23)15-3-1-2-4-16(15)18(20,21)22/h1-10H. The van der Waals surface area contributed by atoms with E-state index in [1.165, 1.54) is 12.1 Å². The zero-order valence-electron chi connectivity index (χ0n) is 12.1. The quantitative estimate of drug-likeness (QED) is 0.403. The molecule has 3 aromatic rings. The van der Waals surface area contributed by atoms with E-state index in [-0.39, 0.29) is 5.75 Å². The summed E-state index contributed by atoms with van der Waals surface area (Å²) < 4.78 is 45.0. The van der Waals surface area contributed by atoms with E-state index in [9.17, 15) is 18.0 Å². The number of alkyl halides is 3. The van der Waals surface area contributed by atoms with Crippen LogP contribution in [0.3, 0.4) is 0 Å². The highest BCUT2D eigenvalue weighted by molar-refractivity contribution is 9.10. The van der Waals surface area contributed by atoms with Crippen LogP contribution in [0.15, 0.2) is 65.1 Å². The topological polar surface area (TPSA) is 26.3 Å². The highest BCUT2D eigenvalue weighted by Crippen LogP contribution is 2.32. The van der Waals surface area contributed by atoms with Gasteiger partial charge in [0, 0.05) is 4.47 Å². The van der Waals surface area contributed by atoms with Gasteiger partial charge in [0.05, 0.1) is 11.1 Å². The van der Waals surface area contributed by atoms with E-state index in [0.29, 0.717) is 0 Å². The molecule has 0 aliphatic heterocycles. The summed E-state index contributed by atoms with van der Waals surface area (Å²) in [7, 11) is 0. The largest absolute Gasteiger partial charge is 0.423 e. The van der Waals surface area contributed by atoms with Gasteiger partial charge < -0.3 is 4.74 Å². The number of ether oxygens (including phenoxy) is 1. The molecule has 0 heterocycles. The fourth-order valence-electron chi connectivity index (χ4n) is 2.33. The van der Waals surface area contributed by atoms with Crippen molar-refractivity contribution in [3.8, 4) is 5.75 Å². The Morgan fingerprint density at radius 1 is 0.917 bits per heavy atom. The number of fused-ring (bicyclic) bond motifs is 1. The van der Waals surface area contributed by atoms with Gasteiger partial charge in [0.25, 0.3) is 0 Å². The average molecular weight is 395 g/mol. The smallest absolute Gasteiger partial charge is 0.417 e. The second kappa shape index (κ2) is 6.28. The van der Waals surface area contributed by atoms with E-state index >= 15 is 0 Å². The maximum atomic E-state index is 13.0. The number of carbonyl (C=O) groups excluding carboxylic acids is 1. The van der Waals surface area contributed by atoms with Crippen molar-refractivity contribution in [3.63, 3.8) is 0 Å². The molecule has 0 saturated carbocycles. The van der Waals surface area contributed by atoms with Crippen molar-refractivity contribution in [1.82, 2.24) is 0 Å². The van der Waals surface area contributed by atoms with Gasteiger partial charge in [-0.05, 0) is 47.2 Å². The van der Waals surface area contributed by atoms with E-state index in [1.54, 1.807) is 18.2 Å². The number of halogens is 4. The summed E-state index contributed by atoms with van der Waals surface area (Å²) in [6.07, 6.45) is -4.62. The number of esters is 1. The van der Waals surface area contributed by atoms with E-state index in [2.05, 4.69) is 15.9 Å².